The highest BCUT2D eigenvalue weighted by Crippen LogP contribution is 2.26. The van der Waals surface area contributed by atoms with Crippen LogP contribution >= 0.6 is 11.8 Å². The van der Waals surface area contributed by atoms with E-state index in [2.05, 4.69) is 10.2 Å². The average molecular weight is 368 g/mol. The van der Waals surface area contributed by atoms with E-state index >= 15 is 0 Å². The van der Waals surface area contributed by atoms with Crippen LogP contribution in [0.3, 0.4) is 0 Å². The third kappa shape index (κ3) is 4.23. The van der Waals surface area contributed by atoms with Crippen molar-refractivity contribution in [2.75, 3.05) is 0 Å². The normalized spacial score (nSPS) is 11.9. The number of para-hydroxylation sites is 1. The summed E-state index contributed by atoms with van der Waals surface area (Å²) in [6.45, 7) is 3.79. The molecule has 134 valence electrons. The molecule has 0 radical (unpaired) electrons. The molecule has 0 spiro atoms. The molecule has 1 heterocycles. The highest BCUT2D eigenvalue weighted by Gasteiger charge is 2.18. The number of rotatable bonds is 7. The van der Waals surface area contributed by atoms with E-state index in [1.807, 2.05) is 61.5 Å². The second kappa shape index (κ2) is 8.05. The predicted octanol–water partition coefficient (Wildman–Crippen LogP) is 2.39. The molecule has 3 aromatic rings. The fraction of sp³-hybridized carbons (Fsp3) is 0.211. The van der Waals surface area contributed by atoms with Crippen LogP contribution in [0, 0.1) is 6.92 Å². The van der Waals surface area contributed by atoms with Gasteiger partial charge >= 0.3 is 0 Å². The number of hydrogen-bond donors (Lipinski definition) is 0. The van der Waals surface area contributed by atoms with Gasteiger partial charge in [-0.2, -0.15) is 0 Å². The molecule has 1 aromatic heterocycles. The van der Waals surface area contributed by atoms with Crippen molar-refractivity contribution in [3.8, 4) is 11.4 Å². The first-order valence-corrected chi connectivity index (χ1v) is 8.99. The van der Waals surface area contributed by atoms with Crippen molar-refractivity contribution in [3.05, 3.63) is 66.0 Å². The molecule has 0 fully saturated rings. The van der Waals surface area contributed by atoms with E-state index in [-0.39, 0.29) is 6.61 Å². The maximum atomic E-state index is 11.1. The SMILES string of the molecule is Cc1ccc(OCc2nnc(S[C@H](C)C(=O)[O-])n2-c2ccccc2)cc1. The van der Waals surface area contributed by atoms with Gasteiger partial charge in [0.15, 0.2) is 11.0 Å². The van der Waals surface area contributed by atoms with E-state index in [1.165, 1.54) is 0 Å². The van der Waals surface area contributed by atoms with Crippen molar-refractivity contribution >= 4 is 17.7 Å². The summed E-state index contributed by atoms with van der Waals surface area (Å²) < 4.78 is 7.62. The molecule has 26 heavy (non-hydrogen) atoms. The molecule has 7 heteroatoms. The number of carboxylic acid groups (broad SMARTS) is 1. The number of aromatic nitrogens is 3. The van der Waals surface area contributed by atoms with Gasteiger partial charge < -0.3 is 14.6 Å². The van der Waals surface area contributed by atoms with Gasteiger partial charge in [-0.15, -0.1) is 10.2 Å². The summed E-state index contributed by atoms with van der Waals surface area (Å²) >= 11 is 1.09. The number of nitrogens with zero attached hydrogens (tertiary/aromatic N) is 3. The quantitative estimate of drug-likeness (QED) is 0.596. The number of aliphatic carboxylic acids is 1. The summed E-state index contributed by atoms with van der Waals surface area (Å²) in [6.07, 6.45) is 0. The van der Waals surface area contributed by atoms with Crippen molar-refractivity contribution in [2.24, 2.45) is 0 Å². The Morgan fingerprint density at radius 1 is 1.15 bits per heavy atom. The topological polar surface area (TPSA) is 80.1 Å². The molecule has 0 saturated carbocycles. The van der Waals surface area contributed by atoms with Crippen LogP contribution in [-0.2, 0) is 11.4 Å². The molecule has 2 aromatic carbocycles. The Bertz CT molecular complexity index is 879. The summed E-state index contributed by atoms with van der Waals surface area (Å²) in [4.78, 5) is 11.1. The van der Waals surface area contributed by atoms with Gasteiger partial charge in [0, 0.05) is 10.9 Å². The van der Waals surface area contributed by atoms with Gasteiger partial charge in [-0.05, 0) is 38.1 Å². The van der Waals surface area contributed by atoms with Gasteiger partial charge in [-0.25, -0.2) is 0 Å². The highest BCUT2D eigenvalue weighted by atomic mass is 32.2. The molecule has 0 aliphatic carbocycles. The van der Waals surface area contributed by atoms with E-state index in [0.717, 1.165) is 28.8 Å². The molecule has 0 aliphatic heterocycles. The Balaban J connectivity index is 1.88. The zero-order chi connectivity index (χ0) is 18.5. The fourth-order valence-corrected chi connectivity index (χ4v) is 3.11. The van der Waals surface area contributed by atoms with Crippen LogP contribution in [0.1, 0.15) is 18.3 Å². The van der Waals surface area contributed by atoms with E-state index in [9.17, 15) is 9.90 Å². The molecule has 6 nitrogen and oxygen atoms in total. The van der Waals surface area contributed by atoms with Crippen molar-refractivity contribution in [1.29, 1.82) is 0 Å². The van der Waals surface area contributed by atoms with Gasteiger partial charge in [-0.1, -0.05) is 47.7 Å². The smallest absolute Gasteiger partial charge is 0.196 e. The van der Waals surface area contributed by atoms with Crippen LogP contribution in [0.5, 0.6) is 5.75 Å². The molecule has 3 rings (SSSR count). The molecule has 0 saturated heterocycles. The number of carbonyl (C=O) groups excluding carboxylic acids is 1. The largest absolute Gasteiger partial charge is 0.549 e. The minimum Gasteiger partial charge on any atom is -0.549 e. The lowest BCUT2D eigenvalue weighted by Crippen LogP contribution is -2.31. The van der Waals surface area contributed by atoms with Crippen LogP contribution in [-0.4, -0.2) is 26.0 Å². The molecule has 0 unspecified atom stereocenters. The highest BCUT2D eigenvalue weighted by molar-refractivity contribution is 8.00. The Morgan fingerprint density at radius 3 is 2.50 bits per heavy atom. The summed E-state index contributed by atoms with van der Waals surface area (Å²) in [6, 6.07) is 17.3. The van der Waals surface area contributed by atoms with Gasteiger partial charge in [-0.3, -0.25) is 4.57 Å². The first-order chi connectivity index (χ1) is 12.5. The Labute approximate surface area is 155 Å². The van der Waals surface area contributed by atoms with Crippen molar-refractivity contribution in [1.82, 2.24) is 14.8 Å². The predicted molar refractivity (Wildman–Crippen MR) is 97.2 cm³/mol. The second-order valence-electron chi connectivity index (χ2n) is 5.75. The third-order valence-corrected chi connectivity index (χ3v) is 4.74. The number of thioether (sulfide) groups is 1. The molecule has 0 bridgehead atoms. The van der Waals surface area contributed by atoms with Crippen LogP contribution in [0.2, 0.25) is 0 Å². The number of aryl methyl sites for hydroxylation is 1. The summed E-state index contributed by atoms with van der Waals surface area (Å²) in [5.41, 5.74) is 1.99. The first kappa shape index (κ1) is 18.0. The maximum absolute atomic E-state index is 11.1. The van der Waals surface area contributed by atoms with Crippen LogP contribution in [0.25, 0.3) is 5.69 Å². The lowest BCUT2D eigenvalue weighted by atomic mass is 10.2. The fourth-order valence-electron chi connectivity index (χ4n) is 2.30. The standard InChI is InChI=1S/C19H19N3O3S/c1-13-8-10-16(11-9-13)25-12-17-20-21-19(26-14(2)18(23)24)22(17)15-6-4-3-5-7-15/h3-11,14H,12H2,1-2H3,(H,23,24)/p-1/t14-/m1/s1. The number of carbonyl (C=O) groups is 1. The lowest BCUT2D eigenvalue weighted by molar-refractivity contribution is -0.304. The van der Waals surface area contributed by atoms with Crippen LogP contribution in [0.4, 0.5) is 0 Å². The van der Waals surface area contributed by atoms with Crippen molar-refractivity contribution in [2.45, 2.75) is 30.9 Å². The number of hydrogen-bond acceptors (Lipinski definition) is 6. The first-order valence-electron chi connectivity index (χ1n) is 8.11. The summed E-state index contributed by atoms with van der Waals surface area (Å²) in [5, 5.41) is 19.2. The van der Waals surface area contributed by atoms with Crippen molar-refractivity contribution in [3.63, 3.8) is 0 Å². The minimum atomic E-state index is -1.14. The molecule has 0 N–H and O–H groups in total. The van der Waals surface area contributed by atoms with Crippen LogP contribution < -0.4 is 9.84 Å². The molecule has 0 aliphatic rings. The number of benzene rings is 2. The van der Waals surface area contributed by atoms with Crippen LogP contribution in [0.15, 0.2) is 59.8 Å². The van der Waals surface area contributed by atoms with E-state index in [0.29, 0.717) is 11.0 Å². The Hall–Kier alpha value is -2.80. The van der Waals surface area contributed by atoms with Gasteiger partial charge in [0.25, 0.3) is 0 Å². The zero-order valence-corrected chi connectivity index (χ0v) is 15.3. The molecular formula is C19H18N3O3S-. The van der Waals surface area contributed by atoms with E-state index in [1.54, 1.807) is 11.5 Å². The van der Waals surface area contributed by atoms with E-state index in [4.69, 9.17) is 4.74 Å². The summed E-state index contributed by atoms with van der Waals surface area (Å²) in [7, 11) is 0. The minimum absolute atomic E-state index is 0.214. The lowest BCUT2D eigenvalue weighted by Gasteiger charge is -2.14. The van der Waals surface area contributed by atoms with Gasteiger partial charge in [0.2, 0.25) is 0 Å². The molecular weight excluding hydrogens is 350 g/mol. The third-order valence-electron chi connectivity index (χ3n) is 3.72. The average Bonchev–Trinajstić information content (AvgIpc) is 3.04. The number of ether oxygens (including phenoxy) is 1. The van der Waals surface area contributed by atoms with Crippen molar-refractivity contribution < 1.29 is 14.6 Å². The molecule has 1 atom stereocenters. The van der Waals surface area contributed by atoms with Gasteiger partial charge in [0.05, 0.1) is 5.97 Å². The Morgan fingerprint density at radius 2 is 1.85 bits per heavy atom. The zero-order valence-electron chi connectivity index (χ0n) is 14.5. The monoisotopic (exact) mass is 368 g/mol. The second-order valence-corrected chi connectivity index (χ2v) is 7.06. The van der Waals surface area contributed by atoms with Gasteiger partial charge in [0.1, 0.15) is 12.4 Å². The Kier molecular flexibility index (Phi) is 5.58. The number of carboxylic acids is 1. The van der Waals surface area contributed by atoms with E-state index < -0.39 is 11.2 Å². The maximum Gasteiger partial charge on any atom is 0.196 e. The molecule has 0 amide bonds. The summed E-state index contributed by atoms with van der Waals surface area (Å²) in [5.74, 6) is 0.176.